The Labute approximate surface area is 179 Å². The number of carbonyl (C=O) groups is 1. The van der Waals surface area contributed by atoms with Crippen LogP contribution < -0.4 is 20.3 Å². The first-order valence-corrected chi connectivity index (χ1v) is 10.3. The minimum absolute atomic E-state index is 0.0566. The molecule has 1 aliphatic carbocycles. The van der Waals surface area contributed by atoms with Crippen molar-refractivity contribution < 1.29 is 14.3 Å². The first-order valence-electron chi connectivity index (χ1n) is 10.3. The first kappa shape index (κ1) is 19.2. The lowest BCUT2D eigenvalue weighted by Gasteiger charge is -2.32. The molecule has 7 heteroatoms. The van der Waals surface area contributed by atoms with Gasteiger partial charge in [-0.25, -0.2) is 4.68 Å². The maximum absolute atomic E-state index is 13.6. The maximum atomic E-state index is 13.6. The Balaban J connectivity index is 1.79. The molecule has 5 rings (SSSR count). The average molecular weight is 417 g/mol. The molecule has 0 fully saturated rings. The van der Waals surface area contributed by atoms with E-state index in [1.54, 1.807) is 14.2 Å². The SMILES string of the molecule is COc1cccc(C2C3=C(CCCC3=O)Nc3[nH]n(-c4ccccc4)c(=O)c32)c1OC. The molecule has 0 saturated heterocycles. The van der Waals surface area contributed by atoms with Crippen molar-refractivity contribution in [3.63, 3.8) is 0 Å². The van der Waals surface area contributed by atoms with Crippen LogP contribution in [0, 0.1) is 0 Å². The summed E-state index contributed by atoms with van der Waals surface area (Å²) in [4.78, 5) is 26.7. The normalized spacial score (nSPS) is 17.6. The van der Waals surface area contributed by atoms with Crippen molar-refractivity contribution in [2.24, 2.45) is 0 Å². The zero-order valence-corrected chi connectivity index (χ0v) is 17.4. The van der Waals surface area contributed by atoms with E-state index >= 15 is 0 Å². The Morgan fingerprint density at radius 2 is 1.77 bits per heavy atom. The Kier molecular flexibility index (Phi) is 4.66. The van der Waals surface area contributed by atoms with E-state index in [-0.39, 0.29) is 11.3 Å². The summed E-state index contributed by atoms with van der Waals surface area (Å²) in [7, 11) is 3.14. The highest BCUT2D eigenvalue weighted by Crippen LogP contribution is 2.48. The minimum Gasteiger partial charge on any atom is -0.493 e. The number of rotatable bonds is 4. The number of ketones is 1. The highest BCUT2D eigenvalue weighted by atomic mass is 16.5. The number of benzene rings is 2. The quantitative estimate of drug-likeness (QED) is 0.675. The summed E-state index contributed by atoms with van der Waals surface area (Å²) in [6.07, 6.45) is 2.00. The standard InChI is InChI=1S/C24H23N3O4/c1-30-18-13-6-10-15(22(18)31-2)19-20-16(11-7-12-17(20)28)25-23-21(19)24(29)27(26-23)14-8-4-3-5-9-14/h3-6,8-10,13,19,25-26H,7,11-12H2,1-2H3. The summed E-state index contributed by atoms with van der Waals surface area (Å²) in [5.41, 5.74) is 3.27. The van der Waals surface area contributed by atoms with Crippen molar-refractivity contribution in [3.8, 4) is 17.2 Å². The molecule has 0 amide bonds. The van der Waals surface area contributed by atoms with Crippen LogP contribution in [0.1, 0.15) is 36.3 Å². The number of fused-ring (bicyclic) bond motifs is 1. The van der Waals surface area contributed by atoms with Crippen molar-refractivity contribution in [1.29, 1.82) is 0 Å². The molecule has 3 aromatic rings. The predicted octanol–water partition coefficient (Wildman–Crippen LogP) is 3.75. The fourth-order valence-electron chi connectivity index (χ4n) is 4.65. The smallest absolute Gasteiger partial charge is 0.277 e. The second-order valence-corrected chi connectivity index (χ2v) is 7.69. The molecule has 1 aromatic heterocycles. The number of para-hydroxylation sites is 2. The number of hydrogen-bond acceptors (Lipinski definition) is 5. The van der Waals surface area contributed by atoms with E-state index in [1.165, 1.54) is 4.68 Å². The van der Waals surface area contributed by atoms with Gasteiger partial charge in [-0.15, -0.1) is 0 Å². The van der Waals surface area contributed by atoms with E-state index in [0.29, 0.717) is 34.9 Å². The van der Waals surface area contributed by atoms with Gasteiger partial charge in [0.25, 0.3) is 5.56 Å². The molecule has 0 bridgehead atoms. The summed E-state index contributed by atoms with van der Waals surface area (Å²) < 4.78 is 12.7. The van der Waals surface area contributed by atoms with Gasteiger partial charge < -0.3 is 14.8 Å². The van der Waals surface area contributed by atoms with Gasteiger partial charge in [0.15, 0.2) is 17.3 Å². The van der Waals surface area contributed by atoms with Crippen LogP contribution in [0.4, 0.5) is 5.82 Å². The number of carbonyl (C=O) groups excluding carboxylic acids is 1. The van der Waals surface area contributed by atoms with Crippen molar-refractivity contribution >= 4 is 11.6 Å². The molecule has 2 heterocycles. The summed E-state index contributed by atoms with van der Waals surface area (Å²) >= 11 is 0. The van der Waals surface area contributed by atoms with Crippen LogP contribution in [0.15, 0.2) is 64.6 Å². The number of allylic oxidation sites excluding steroid dienone is 2. The number of aromatic nitrogens is 2. The third kappa shape index (κ3) is 2.96. The van der Waals surface area contributed by atoms with Gasteiger partial charge in [-0.05, 0) is 31.0 Å². The summed E-state index contributed by atoms with van der Waals surface area (Å²) in [6.45, 7) is 0. The van der Waals surface area contributed by atoms with Gasteiger partial charge in [-0.1, -0.05) is 30.3 Å². The van der Waals surface area contributed by atoms with Crippen molar-refractivity contribution in [3.05, 3.63) is 81.3 Å². The summed E-state index contributed by atoms with van der Waals surface area (Å²) in [5, 5.41) is 6.54. The van der Waals surface area contributed by atoms with E-state index < -0.39 is 5.92 Å². The second-order valence-electron chi connectivity index (χ2n) is 7.69. The average Bonchev–Trinajstić information content (AvgIpc) is 3.14. The molecule has 2 aliphatic rings. The molecule has 7 nitrogen and oxygen atoms in total. The molecule has 2 aromatic carbocycles. The Morgan fingerprint density at radius 1 is 0.968 bits per heavy atom. The third-order valence-corrected chi connectivity index (χ3v) is 5.99. The third-order valence-electron chi connectivity index (χ3n) is 5.99. The Bertz CT molecular complexity index is 1250. The van der Waals surface area contributed by atoms with E-state index in [2.05, 4.69) is 10.4 Å². The molecule has 2 N–H and O–H groups in total. The van der Waals surface area contributed by atoms with Gasteiger partial charge in [0, 0.05) is 23.3 Å². The van der Waals surface area contributed by atoms with E-state index in [4.69, 9.17) is 9.47 Å². The highest BCUT2D eigenvalue weighted by molar-refractivity contribution is 6.01. The van der Waals surface area contributed by atoms with Crippen molar-refractivity contribution in [2.45, 2.75) is 25.2 Å². The molecule has 0 radical (unpaired) electrons. The Hall–Kier alpha value is -3.74. The van der Waals surface area contributed by atoms with Crippen LogP contribution >= 0.6 is 0 Å². The minimum atomic E-state index is -0.544. The molecule has 1 unspecified atom stereocenters. The molecular weight excluding hydrogens is 394 g/mol. The topological polar surface area (TPSA) is 85.4 Å². The number of nitrogens with zero attached hydrogens (tertiary/aromatic N) is 1. The van der Waals surface area contributed by atoms with Gasteiger partial charge in [0.2, 0.25) is 0 Å². The lowest BCUT2D eigenvalue weighted by atomic mass is 9.76. The number of aromatic amines is 1. The lowest BCUT2D eigenvalue weighted by molar-refractivity contribution is -0.116. The largest absolute Gasteiger partial charge is 0.493 e. The first-order chi connectivity index (χ1) is 15.1. The maximum Gasteiger partial charge on any atom is 0.277 e. The number of ether oxygens (including phenoxy) is 2. The summed E-state index contributed by atoms with van der Waals surface area (Å²) in [6, 6.07) is 14.9. The van der Waals surface area contributed by atoms with E-state index in [9.17, 15) is 9.59 Å². The predicted molar refractivity (Wildman–Crippen MR) is 117 cm³/mol. The fourth-order valence-corrected chi connectivity index (χ4v) is 4.65. The van der Waals surface area contributed by atoms with Crippen molar-refractivity contribution in [1.82, 2.24) is 9.78 Å². The van der Waals surface area contributed by atoms with E-state index in [0.717, 1.165) is 29.8 Å². The van der Waals surface area contributed by atoms with Crippen LogP contribution in [0.3, 0.4) is 0 Å². The van der Waals surface area contributed by atoms with Crippen LogP contribution in [-0.2, 0) is 4.79 Å². The van der Waals surface area contributed by atoms with Crippen LogP contribution in [0.2, 0.25) is 0 Å². The van der Waals surface area contributed by atoms with Gasteiger partial charge >= 0.3 is 0 Å². The molecule has 158 valence electrons. The molecule has 31 heavy (non-hydrogen) atoms. The van der Waals surface area contributed by atoms with Crippen LogP contribution in [0.5, 0.6) is 11.5 Å². The number of Topliss-reactive ketones (excluding diaryl/α,β-unsaturated/α-hetero) is 1. The lowest BCUT2D eigenvalue weighted by Crippen LogP contribution is -2.30. The monoisotopic (exact) mass is 417 g/mol. The van der Waals surface area contributed by atoms with Gasteiger partial charge in [0.05, 0.1) is 31.4 Å². The number of hydrogen-bond donors (Lipinski definition) is 2. The van der Waals surface area contributed by atoms with Gasteiger partial charge in [0.1, 0.15) is 5.82 Å². The van der Waals surface area contributed by atoms with Crippen LogP contribution in [-0.4, -0.2) is 29.8 Å². The number of anilines is 1. The zero-order chi connectivity index (χ0) is 21.5. The summed E-state index contributed by atoms with van der Waals surface area (Å²) in [5.74, 6) is 1.21. The fraction of sp³-hybridized carbons (Fsp3) is 0.250. The number of methoxy groups -OCH3 is 2. The van der Waals surface area contributed by atoms with E-state index in [1.807, 2.05) is 48.5 Å². The highest BCUT2D eigenvalue weighted by Gasteiger charge is 2.40. The molecule has 1 aliphatic heterocycles. The zero-order valence-electron chi connectivity index (χ0n) is 17.4. The number of nitrogens with one attached hydrogen (secondary N) is 2. The molecule has 1 atom stereocenters. The molecule has 0 spiro atoms. The van der Waals surface area contributed by atoms with Gasteiger partial charge in [-0.3, -0.25) is 14.7 Å². The van der Waals surface area contributed by atoms with Gasteiger partial charge in [-0.2, -0.15) is 0 Å². The van der Waals surface area contributed by atoms with Crippen molar-refractivity contribution in [2.75, 3.05) is 19.5 Å². The molecule has 0 saturated carbocycles. The number of H-pyrrole nitrogens is 1. The Morgan fingerprint density at radius 3 is 2.52 bits per heavy atom. The molecular formula is C24H23N3O4. The van der Waals surface area contributed by atoms with Crippen LogP contribution in [0.25, 0.3) is 5.69 Å². The second kappa shape index (κ2) is 7.50.